The van der Waals surface area contributed by atoms with Gasteiger partial charge in [-0.05, 0) is 7.05 Å². The maximum absolute atomic E-state index is 11.4. The third-order valence-electron chi connectivity index (χ3n) is 2.37. The van der Waals surface area contributed by atoms with E-state index in [0.717, 1.165) is 13.1 Å². The topological polar surface area (TPSA) is 104 Å². The van der Waals surface area contributed by atoms with Crippen molar-refractivity contribution in [2.75, 3.05) is 60.5 Å². The van der Waals surface area contributed by atoms with Gasteiger partial charge in [-0.3, -0.25) is 24.2 Å². The summed E-state index contributed by atoms with van der Waals surface area (Å²) in [6, 6.07) is 0. The van der Waals surface area contributed by atoms with Gasteiger partial charge in [-0.25, -0.2) is 11.0 Å². The zero-order valence-electron chi connectivity index (χ0n) is 12.3. The predicted molar refractivity (Wildman–Crippen MR) is 73.5 cm³/mol. The lowest BCUT2D eigenvalue weighted by molar-refractivity contribution is -0.132. The van der Waals surface area contributed by atoms with E-state index in [-0.39, 0.29) is 24.9 Å². The number of nitrogens with zero attached hydrogens (tertiary/aromatic N) is 1. The van der Waals surface area contributed by atoms with Gasteiger partial charge in [-0.1, -0.05) is 0 Å². The van der Waals surface area contributed by atoms with Crippen molar-refractivity contribution in [3.05, 3.63) is 0 Å². The molecular formula is C11H25N5O4. The average molecular weight is 291 g/mol. The molecule has 0 saturated carbocycles. The van der Waals surface area contributed by atoms with Crippen LogP contribution in [0, 0.1) is 0 Å². The van der Waals surface area contributed by atoms with E-state index in [4.69, 9.17) is 0 Å². The molecule has 0 aromatic rings. The number of rotatable bonds is 12. The minimum Gasteiger partial charge on any atom is -0.318 e. The van der Waals surface area contributed by atoms with E-state index in [9.17, 15) is 9.59 Å². The molecule has 2 amide bonds. The smallest absolute Gasteiger partial charge is 0.257 e. The maximum Gasteiger partial charge on any atom is 0.257 e. The molecule has 0 aromatic carbocycles. The van der Waals surface area contributed by atoms with Crippen LogP contribution >= 0.6 is 0 Å². The van der Waals surface area contributed by atoms with Crippen LogP contribution < -0.4 is 21.6 Å². The van der Waals surface area contributed by atoms with Crippen molar-refractivity contribution in [1.82, 2.24) is 26.5 Å². The van der Waals surface area contributed by atoms with Gasteiger partial charge in [0.25, 0.3) is 11.8 Å². The molecule has 0 radical (unpaired) electrons. The Morgan fingerprint density at radius 2 is 1.60 bits per heavy atom. The van der Waals surface area contributed by atoms with E-state index in [1.54, 1.807) is 0 Å². The first-order valence-electron chi connectivity index (χ1n) is 6.35. The van der Waals surface area contributed by atoms with Crippen LogP contribution in [-0.2, 0) is 19.3 Å². The van der Waals surface area contributed by atoms with Gasteiger partial charge < -0.3 is 10.6 Å². The summed E-state index contributed by atoms with van der Waals surface area (Å²) in [6.07, 6.45) is 0. The summed E-state index contributed by atoms with van der Waals surface area (Å²) in [5, 5.41) is 5.99. The average Bonchev–Trinajstić information content (AvgIpc) is 2.41. The summed E-state index contributed by atoms with van der Waals surface area (Å²) in [7, 11) is 4.62. The molecule has 0 atom stereocenters. The Hall–Kier alpha value is -1.26. The minimum absolute atomic E-state index is 0.165. The molecule has 0 aromatic heterocycles. The van der Waals surface area contributed by atoms with Crippen molar-refractivity contribution in [2.45, 2.75) is 0 Å². The number of hydrogen-bond donors (Lipinski definition) is 4. The highest BCUT2D eigenvalue weighted by Gasteiger charge is 2.10. The van der Waals surface area contributed by atoms with Gasteiger partial charge in [0.15, 0.2) is 0 Å². The molecule has 4 N–H and O–H groups in total. The van der Waals surface area contributed by atoms with E-state index in [1.807, 2.05) is 11.9 Å². The Labute approximate surface area is 119 Å². The summed E-state index contributed by atoms with van der Waals surface area (Å²) in [6.45, 7) is 3.11. The third-order valence-corrected chi connectivity index (χ3v) is 2.37. The van der Waals surface area contributed by atoms with Gasteiger partial charge in [0, 0.05) is 26.2 Å². The fourth-order valence-electron chi connectivity index (χ4n) is 1.48. The van der Waals surface area contributed by atoms with Crippen LogP contribution in [0.1, 0.15) is 0 Å². The first-order chi connectivity index (χ1) is 9.63. The molecule has 0 rings (SSSR count). The second-order valence-electron chi connectivity index (χ2n) is 4.02. The molecule has 0 unspecified atom stereocenters. The molecule has 20 heavy (non-hydrogen) atoms. The van der Waals surface area contributed by atoms with Gasteiger partial charge in [-0.15, -0.1) is 0 Å². The standard InChI is InChI=1S/C11H25N5O4/c1-12-4-6-16(9-11(18)15-20-3)7-5-13-8-10(17)14-19-2/h12-13H,4-9H2,1-3H3,(H,14,17)(H,15,18). The van der Waals surface area contributed by atoms with Crippen molar-refractivity contribution in [3.8, 4) is 0 Å². The zero-order valence-corrected chi connectivity index (χ0v) is 12.3. The number of hydrogen-bond acceptors (Lipinski definition) is 7. The largest absolute Gasteiger partial charge is 0.318 e. The summed E-state index contributed by atoms with van der Waals surface area (Å²) in [5.41, 5.74) is 4.49. The van der Waals surface area contributed by atoms with Crippen molar-refractivity contribution in [1.29, 1.82) is 0 Å². The summed E-state index contributed by atoms with van der Waals surface area (Å²) in [5.74, 6) is -0.452. The van der Waals surface area contributed by atoms with E-state index < -0.39 is 0 Å². The van der Waals surface area contributed by atoms with Gasteiger partial charge in [0.2, 0.25) is 0 Å². The lowest BCUT2D eigenvalue weighted by atomic mass is 10.4. The van der Waals surface area contributed by atoms with Gasteiger partial charge in [0.05, 0.1) is 27.3 Å². The Morgan fingerprint density at radius 3 is 2.20 bits per heavy atom. The van der Waals surface area contributed by atoms with Gasteiger partial charge in [-0.2, -0.15) is 0 Å². The number of carbonyl (C=O) groups excluding carboxylic acids is 2. The highest BCUT2D eigenvalue weighted by molar-refractivity contribution is 5.77. The first kappa shape index (κ1) is 18.7. The van der Waals surface area contributed by atoms with Crippen LogP contribution in [0.2, 0.25) is 0 Å². The molecule has 0 spiro atoms. The maximum atomic E-state index is 11.4. The molecule has 0 aliphatic heterocycles. The molecule has 0 bridgehead atoms. The second-order valence-corrected chi connectivity index (χ2v) is 4.02. The van der Waals surface area contributed by atoms with Crippen LogP contribution in [0.15, 0.2) is 0 Å². The number of hydroxylamine groups is 2. The van der Waals surface area contributed by atoms with Crippen LogP contribution in [0.5, 0.6) is 0 Å². The van der Waals surface area contributed by atoms with Crippen molar-refractivity contribution < 1.29 is 19.3 Å². The summed E-state index contributed by atoms with van der Waals surface area (Å²) >= 11 is 0. The summed E-state index contributed by atoms with van der Waals surface area (Å²) in [4.78, 5) is 33.6. The number of amides is 2. The Balaban J connectivity index is 3.90. The van der Waals surface area contributed by atoms with E-state index in [1.165, 1.54) is 14.2 Å². The molecule has 0 saturated heterocycles. The minimum atomic E-state index is -0.244. The SMILES string of the molecule is CNCCN(CCNCC(=O)NOC)CC(=O)NOC. The quantitative estimate of drug-likeness (QED) is 0.232. The molecule has 9 heteroatoms. The second kappa shape index (κ2) is 12.8. The highest BCUT2D eigenvalue weighted by Crippen LogP contribution is 1.87. The first-order valence-corrected chi connectivity index (χ1v) is 6.35. The Morgan fingerprint density at radius 1 is 1.00 bits per heavy atom. The number of likely N-dealkylation sites (N-methyl/N-ethyl adjacent to an activating group) is 1. The fraction of sp³-hybridized carbons (Fsp3) is 0.818. The van der Waals surface area contributed by atoms with Crippen molar-refractivity contribution in [2.24, 2.45) is 0 Å². The number of nitrogens with one attached hydrogen (secondary N) is 4. The van der Waals surface area contributed by atoms with Crippen LogP contribution in [0.25, 0.3) is 0 Å². The molecule has 0 aliphatic rings. The molecule has 0 fully saturated rings. The molecule has 9 nitrogen and oxygen atoms in total. The van der Waals surface area contributed by atoms with Crippen molar-refractivity contribution >= 4 is 11.8 Å². The van der Waals surface area contributed by atoms with Crippen LogP contribution in [0.3, 0.4) is 0 Å². The summed E-state index contributed by atoms with van der Waals surface area (Å²) < 4.78 is 0. The lowest BCUT2D eigenvalue weighted by Gasteiger charge is -2.21. The predicted octanol–water partition coefficient (Wildman–Crippen LogP) is -2.55. The van der Waals surface area contributed by atoms with Gasteiger partial charge in [0.1, 0.15) is 0 Å². The zero-order chi connectivity index (χ0) is 15.2. The molecule has 0 heterocycles. The van der Waals surface area contributed by atoms with E-state index in [2.05, 4.69) is 31.3 Å². The highest BCUT2D eigenvalue weighted by atomic mass is 16.6. The molecule has 0 aliphatic carbocycles. The normalized spacial score (nSPS) is 10.6. The number of carbonyl (C=O) groups is 2. The van der Waals surface area contributed by atoms with Crippen LogP contribution in [0.4, 0.5) is 0 Å². The van der Waals surface area contributed by atoms with Crippen molar-refractivity contribution in [3.63, 3.8) is 0 Å². The monoisotopic (exact) mass is 291 g/mol. The Bertz CT molecular complexity index is 278. The molecular weight excluding hydrogens is 266 g/mol. The van der Waals surface area contributed by atoms with Gasteiger partial charge >= 0.3 is 0 Å². The van der Waals surface area contributed by atoms with E-state index >= 15 is 0 Å². The fourth-order valence-corrected chi connectivity index (χ4v) is 1.48. The Kier molecular flexibility index (Phi) is 12.0. The lowest BCUT2D eigenvalue weighted by Crippen LogP contribution is -2.43. The van der Waals surface area contributed by atoms with E-state index in [0.29, 0.717) is 13.1 Å². The molecule has 118 valence electrons. The third kappa shape index (κ3) is 10.6. The van der Waals surface area contributed by atoms with Crippen LogP contribution in [-0.4, -0.2) is 77.3 Å².